The summed E-state index contributed by atoms with van der Waals surface area (Å²) in [6, 6.07) is 8.34. The van der Waals surface area contributed by atoms with E-state index in [0.717, 1.165) is 17.8 Å². The summed E-state index contributed by atoms with van der Waals surface area (Å²) in [7, 11) is 0. The van der Waals surface area contributed by atoms with Crippen LogP contribution < -0.4 is 0 Å². The van der Waals surface area contributed by atoms with Crippen molar-refractivity contribution in [3.8, 4) is 0 Å². The molecule has 0 aliphatic heterocycles. The van der Waals surface area contributed by atoms with E-state index in [0.29, 0.717) is 9.79 Å². The van der Waals surface area contributed by atoms with Crippen molar-refractivity contribution < 1.29 is 17.5 Å². The van der Waals surface area contributed by atoms with E-state index >= 15 is 0 Å². The van der Waals surface area contributed by atoms with E-state index in [1.165, 1.54) is 24.3 Å². The summed E-state index contributed by atoms with van der Waals surface area (Å²) in [4.78, 5) is 1.06. The zero-order valence-electron chi connectivity index (χ0n) is 9.34. The minimum atomic E-state index is -2.36. The van der Waals surface area contributed by atoms with Gasteiger partial charge in [0.15, 0.2) is 11.1 Å². The van der Waals surface area contributed by atoms with E-state index in [1.54, 1.807) is 6.07 Å². The molecular weight excluding hydrogens is 310 g/mol. The lowest BCUT2D eigenvalue weighted by Crippen LogP contribution is -1.93. The largest absolute Gasteiger partial charge is 0.302 e. The molecule has 0 saturated carbocycles. The van der Waals surface area contributed by atoms with E-state index in [1.807, 2.05) is 0 Å². The fraction of sp³-hybridized carbons (Fsp3) is 0. The molecule has 0 amide bonds. The van der Waals surface area contributed by atoms with Crippen molar-refractivity contribution in [2.75, 3.05) is 0 Å². The van der Waals surface area contributed by atoms with Crippen LogP contribution in [0.4, 0.5) is 8.78 Å². The molecular formula is C12H8F2O2S3. The molecule has 1 N–H and O–H groups in total. The Hall–Kier alpha value is -0.890. The summed E-state index contributed by atoms with van der Waals surface area (Å²) in [5.41, 5.74) is 0. The predicted molar refractivity (Wildman–Crippen MR) is 73.2 cm³/mol. The van der Waals surface area contributed by atoms with Crippen molar-refractivity contribution in [3.63, 3.8) is 0 Å². The van der Waals surface area contributed by atoms with Crippen molar-refractivity contribution >= 4 is 35.5 Å². The molecule has 2 aromatic carbocycles. The molecule has 0 radical (unpaired) electrons. The Morgan fingerprint density at radius 3 is 2.16 bits per heavy atom. The summed E-state index contributed by atoms with van der Waals surface area (Å²) < 4.78 is 46.4. The molecule has 0 heterocycles. The molecule has 100 valence electrons. The molecule has 0 aliphatic carbocycles. The van der Waals surface area contributed by atoms with Gasteiger partial charge in [-0.25, -0.2) is 13.0 Å². The quantitative estimate of drug-likeness (QED) is 0.664. The van der Waals surface area contributed by atoms with Crippen LogP contribution >= 0.6 is 24.4 Å². The van der Waals surface area contributed by atoms with E-state index < -0.39 is 22.7 Å². The minimum Gasteiger partial charge on any atom is -0.302 e. The molecule has 2 nitrogen and oxygen atoms in total. The molecule has 1 atom stereocenters. The fourth-order valence-corrected chi connectivity index (χ4v) is 2.79. The van der Waals surface area contributed by atoms with Crippen LogP contribution in [0.1, 0.15) is 0 Å². The highest BCUT2D eigenvalue weighted by Gasteiger charge is 2.09. The average Bonchev–Trinajstić information content (AvgIpc) is 2.33. The molecule has 0 spiro atoms. The van der Waals surface area contributed by atoms with Crippen LogP contribution in [0.15, 0.2) is 56.0 Å². The first kappa shape index (κ1) is 14.5. The number of rotatable bonds is 3. The molecule has 2 aromatic rings. The van der Waals surface area contributed by atoms with E-state index in [4.69, 9.17) is 4.55 Å². The van der Waals surface area contributed by atoms with Crippen molar-refractivity contribution in [2.45, 2.75) is 19.6 Å². The Balaban J connectivity index is 2.26. The molecule has 0 bridgehead atoms. The summed E-state index contributed by atoms with van der Waals surface area (Å²) >= 11 is 2.71. The van der Waals surface area contributed by atoms with Crippen molar-refractivity contribution in [1.82, 2.24) is 0 Å². The smallest absolute Gasteiger partial charge is 0.189 e. The third kappa shape index (κ3) is 3.56. The van der Waals surface area contributed by atoms with Gasteiger partial charge < -0.3 is 4.55 Å². The lowest BCUT2D eigenvalue weighted by atomic mass is 10.3. The number of hydrogen-bond acceptors (Lipinski definition) is 3. The van der Waals surface area contributed by atoms with Gasteiger partial charge in [0, 0.05) is 14.7 Å². The second-order valence-electron chi connectivity index (χ2n) is 3.56. The Labute approximate surface area is 120 Å². The van der Waals surface area contributed by atoms with Gasteiger partial charge in [-0.15, -0.1) is 12.6 Å². The van der Waals surface area contributed by atoms with Gasteiger partial charge >= 0.3 is 0 Å². The van der Waals surface area contributed by atoms with Crippen molar-refractivity contribution in [3.05, 3.63) is 48.0 Å². The predicted octanol–water partition coefficient (Wildman–Crippen LogP) is 3.99. The summed E-state index contributed by atoms with van der Waals surface area (Å²) in [6.45, 7) is 0. The molecule has 2 rings (SSSR count). The lowest BCUT2D eigenvalue weighted by Gasteiger charge is -2.05. The molecule has 0 aromatic heterocycles. The second-order valence-corrected chi connectivity index (χ2v) is 6.12. The Morgan fingerprint density at radius 1 is 1.05 bits per heavy atom. The van der Waals surface area contributed by atoms with Gasteiger partial charge in [-0.1, -0.05) is 11.8 Å². The van der Waals surface area contributed by atoms with Crippen LogP contribution in [-0.2, 0) is 11.1 Å². The van der Waals surface area contributed by atoms with Crippen molar-refractivity contribution in [1.29, 1.82) is 0 Å². The summed E-state index contributed by atoms with van der Waals surface area (Å²) in [5.74, 6) is -1.22. The van der Waals surface area contributed by atoms with Crippen LogP contribution in [0.2, 0.25) is 0 Å². The normalized spacial score (nSPS) is 12.4. The van der Waals surface area contributed by atoms with Gasteiger partial charge in [-0.05, 0) is 36.4 Å². The Bertz CT molecular complexity index is 647. The highest BCUT2D eigenvalue weighted by atomic mass is 32.2. The Kier molecular flexibility index (Phi) is 4.62. The SMILES string of the molecule is O=S(O)c1ccc(Sc2ccc(S)c(F)c2)cc1F. The summed E-state index contributed by atoms with van der Waals surface area (Å²) in [6.07, 6.45) is 0. The van der Waals surface area contributed by atoms with Gasteiger partial charge in [-0.3, -0.25) is 0 Å². The Morgan fingerprint density at radius 2 is 1.63 bits per heavy atom. The van der Waals surface area contributed by atoms with Gasteiger partial charge in [0.05, 0.1) is 0 Å². The van der Waals surface area contributed by atoms with E-state index in [9.17, 15) is 13.0 Å². The van der Waals surface area contributed by atoms with E-state index in [-0.39, 0.29) is 9.79 Å². The van der Waals surface area contributed by atoms with Crippen LogP contribution in [0.25, 0.3) is 0 Å². The van der Waals surface area contributed by atoms with Crippen molar-refractivity contribution in [2.24, 2.45) is 0 Å². The highest BCUT2D eigenvalue weighted by Crippen LogP contribution is 2.31. The van der Waals surface area contributed by atoms with Gasteiger partial charge in [0.2, 0.25) is 0 Å². The second kappa shape index (κ2) is 6.04. The summed E-state index contributed by atoms with van der Waals surface area (Å²) in [5, 5.41) is 0. The maximum atomic E-state index is 13.5. The van der Waals surface area contributed by atoms with Crippen LogP contribution in [0.3, 0.4) is 0 Å². The maximum Gasteiger partial charge on any atom is 0.189 e. The zero-order chi connectivity index (χ0) is 14.0. The number of benzene rings is 2. The van der Waals surface area contributed by atoms with Crippen LogP contribution in [0, 0.1) is 11.6 Å². The van der Waals surface area contributed by atoms with Gasteiger partial charge in [0.1, 0.15) is 16.5 Å². The molecule has 19 heavy (non-hydrogen) atoms. The molecule has 7 heteroatoms. The molecule has 0 fully saturated rings. The zero-order valence-corrected chi connectivity index (χ0v) is 11.9. The molecule has 1 unspecified atom stereocenters. The van der Waals surface area contributed by atoms with Gasteiger partial charge in [0.25, 0.3) is 0 Å². The first-order chi connectivity index (χ1) is 8.97. The lowest BCUT2D eigenvalue weighted by molar-refractivity contribution is 0.543. The molecule has 0 saturated heterocycles. The average molecular weight is 318 g/mol. The number of halogens is 2. The van der Waals surface area contributed by atoms with Crippen LogP contribution in [0.5, 0.6) is 0 Å². The first-order valence-corrected chi connectivity index (χ1v) is 7.41. The maximum absolute atomic E-state index is 13.5. The number of thiol groups is 1. The monoisotopic (exact) mass is 318 g/mol. The third-order valence-electron chi connectivity index (χ3n) is 2.25. The van der Waals surface area contributed by atoms with Gasteiger partial charge in [-0.2, -0.15) is 0 Å². The topological polar surface area (TPSA) is 37.3 Å². The standard InChI is InChI=1S/C12H8F2O2S3/c13-9-5-7(1-3-11(9)17)18-8-2-4-12(19(15)16)10(14)6-8/h1-6,17H,(H,15,16). The minimum absolute atomic E-state index is 0.238. The highest BCUT2D eigenvalue weighted by molar-refractivity contribution is 7.99. The fourth-order valence-electron chi connectivity index (χ4n) is 1.37. The first-order valence-electron chi connectivity index (χ1n) is 5.04. The molecule has 0 aliphatic rings. The van der Waals surface area contributed by atoms with Crippen LogP contribution in [-0.4, -0.2) is 8.76 Å². The number of hydrogen-bond donors (Lipinski definition) is 2. The van der Waals surface area contributed by atoms with E-state index in [2.05, 4.69) is 12.6 Å². The third-order valence-corrected chi connectivity index (χ3v) is 4.30.